The average molecular weight is 413 g/mol. The van der Waals surface area contributed by atoms with Crippen molar-refractivity contribution >= 4 is 17.5 Å². The number of nitrogens with one attached hydrogen (secondary N) is 2. The SMILES string of the molecule is Cc1ccc(NC(=O)C23CCC(NCC(=O)N4C[C@@H](F)C[C@H]4C#N)(CC2)CC3)cc1. The lowest BCUT2D eigenvalue weighted by molar-refractivity contribution is -0.135. The number of benzene rings is 1. The summed E-state index contributed by atoms with van der Waals surface area (Å²) in [5.41, 5.74) is 1.51. The second kappa shape index (κ2) is 7.99. The number of hydrogen-bond acceptors (Lipinski definition) is 4. The van der Waals surface area contributed by atoms with E-state index in [4.69, 9.17) is 5.26 Å². The second-order valence-electron chi connectivity index (χ2n) is 9.26. The summed E-state index contributed by atoms with van der Waals surface area (Å²) in [5, 5.41) is 15.7. The van der Waals surface area contributed by atoms with Crippen LogP contribution in [-0.4, -0.2) is 47.6 Å². The number of amides is 2. The molecule has 3 aliphatic carbocycles. The van der Waals surface area contributed by atoms with Crippen LogP contribution in [0.25, 0.3) is 0 Å². The maximum Gasteiger partial charge on any atom is 0.237 e. The van der Waals surface area contributed by atoms with Gasteiger partial charge in [0, 0.05) is 23.1 Å². The molecule has 7 heteroatoms. The van der Waals surface area contributed by atoms with Crippen molar-refractivity contribution in [2.45, 2.75) is 69.6 Å². The van der Waals surface area contributed by atoms with Crippen LogP contribution in [0.15, 0.2) is 24.3 Å². The van der Waals surface area contributed by atoms with Gasteiger partial charge in [-0.1, -0.05) is 17.7 Å². The summed E-state index contributed by atoms with van der Waals surface area (Å²) >= 11 is 0. The number of carbonyl (C=O) groups is 2. The van der Waals surface area contributed by atoms with E-state index in [1.807, 2.05) is 37.3 Å². The van der Waals surface area contributed by atoms with E-state index in [0.717, 1.165) is 49.8 Å². The fourth-order valence-corrected chi connectivity index (χ4v) is 5.24. The molecule has 0 unspecified atom stereocenters. The summed E-state index contributed by atoms with van der Waals surface area (Å²) in [6.07, 6.45) is 3.90. The van der Waals surface area contributed by atoms with Crippen LogP contribution in [0.4, 0.5) is 10.1 Å². The lowest BCUT2D eigenvalue weighted by atomic mass is 9.57. The van der Waals surface area contributed by atoms with E-state index in [-0.39, 0.29) is 42.3 Å². The Balaban J connectivity index is 1.32. The van der Waals surface area contributed by atoms with E-state index in [9.17, 15) is 14.0 Å². The highest BCUT2D eigenvalue weighted by molar-refractivity contribution is 5.95. The summed E-state index contributed by atoms with van der Waals surface area (Å²) in [5.74, 6) is -0.116. The normalized spacial score (nSPS) is 32.6. The van der Waals surface area contributed by atoms with Crippen LogP contribution >= 0.6 is 0 Å². The van der Waals surface area contributed by atoms with Crippen molar-refractivity contribution in [1.29, 1.82) is 5.26 Å². The molecule has 2 N–H and O–H groups in total. The standard InChI is InChI=1S/C23H29FN4O2/c1-16-2-4-18(5-3-16)27-21(30)22-6-9-23(10-7-22,11-8-22)26-14-20(29)28-15-17(24)12-19(28)13-25/h2-5,17,19,26H,6-12,14-15H2,1H3,(H,27,30)/t17-,19-,22?,23?/m0/s1. The van der Waals surface area contributed by atoms with Crippen LogP contribution < -0.4 is 10.6 Å². The van der Waals surface area contributed by atoms with Gasteiger partial charge in [0.05, 0.1) is 19.2 Å². The van der Waals surface area contributed by atoms with Crippen molar-refractivity contribution in [2.75, 3.05) is 18.4 Å². The third-order valence-corrected chi connectivity index (χ3v) is 7.37. The molecule has 2 bridgehead atoms. The van der Waals surface area contributed by atoms with Crippen LogP contribution in [0.1, 0.15) is 50.5 Å². The molecule has 2 atom stereocenters. The van der Waals surface area contributed by atoms with Crippen molar-refractivity contribution in [3.05, 3.63) is 29.8 Å². The zero-order valence-electron chi connectivity index (χ0n) is 17.4. The van der Waals surface area contributed by atoms with E-state index in [1.54, 1.807) is 0 Å². The van der Waals surface area contributed by atoms with Crippen molar-refractivity contribution in [3.8, 4) is 6.07 Å². The predicted molar refractivity (Wildman–Crippen MR) is 111 cm³/mol. The number of nitriles is 1. The molecule has 1 aromatic carbocycles. The van der Waals surface area contributed by atoms with E-state index >= 15 is 0 Å². The molecule has 4 fully saturated rings. The second-order valence-corrected chi connectivity index (χ2v) is 9.26. The van der Waals surface area contributed by atoms with Gasteiger partial charge in [-0.05, 0) is 57.6 Å². The van der Waals surface area contributed by atoms with Gasteiger partial charge in [-0.3, -0.25) is 9.59 Å². The minimum absolute atomic E-state index is 0.00797. The fraction of sp³-hybridized carbons (Fsp3) is 0.609. The van der Waals surface area contributed by atoms with Crippen LogP contribution in [0, 0.1) is 23.7 Å². The topological polar surface area (TPSA) is 85.2 Å². The van der Waals surface area contributed by atoms with E-state index in [0.29, 0.717) is 0 Å². The third kappa shape index (κ3) is 3.93. The molecule has 0 spiro atoms. The van der Waals surface area contributed by atoms with Crippen molar-refractivity contribution in [1.82, 2.24) is 10.2 Å². The Morgan fingerprint density at radius 1 is 1.17 bits per heavy atom. The Morgan fingerprint density at radius 2 is 1.80 bits per heavy atom. The van der Waals surface area contributed by atoms with Crippen LogP contribution in [0.5, 0.6) is 0 Å². The Kier molecular flexibility index (Phi) is 5.54. The number of alkyl halides is 1. The van der Waals surface area contributed by atoms with Gasteiger partial charge in [0.1, 0.15) is 12.2 Å². The molecule has 3 saturated carbocycles. The quantitative estimate of drug-likeness (QED) is 0.778. The van der Waals surface area contributed by atoms with Crippen molar-refractivity contribution < 1.29 is 14.0 Å². The molecule has 1 aromatic rings. The van der Waals surface area contributed by atoms with Crippen molar-refractivity contribution in [2.24, 2.45) is 5.41 Å². The number of aryl methyl sites for hydroxylation is 1. The number of carbonyl (C=O) groups excluding carboxylic acids is 2. The lowest BCUT2D eigenvalue weighted by Crippen LogP contribution is -2.59. The summed E-state index contributed by atoms with van der Waals surface area (Å²) in [6.45, 7) is 2.14. The smallest absolute Gasteiger partial charge is 0.237 e. The molecule has 30 heavy (non-hydrogen) atoms. The summed E-state index contributed by atoms with van der Waals surface area (Å²) in [7, 11) is 0. The molecule has 6 nitrogen and oxygen atoms in total. The van der Waals surface area contributed by atoms with Gasteiger partial charge in [0.2, 0.25) is 11.8 Å². The summed E-state index contributed by atoms with van der Waals surface area (Å²) < 4.78 is 13.6. The molecule has 1 saturated heterocycles. The third-order valence-electron chi connectivity index (χ3n) is 7.37. The molecule has 0 radical (unpaired) electrons. The molecule has 1 aliphatic heterocycles. The number of likely N-dealkylation sites (tertiary alicyclic amines) is 1. The molecular formula is C23H29FN4O2. The maximum absolute atomic E-state index is 13.6. The van der Waals surface area contributed by atoms with Gasteiger partial charge in [0.15, 0.2) is 0 Å². The number of nitrogens with zero attached hydrogens (tertiary/aromatic N) is 2. The largest absolute Gasteiger partial charge is 0.326 e. The monoisotopic (exact) mass is 412 g/mol. The van der Waals surface area contributed by atoms with E-state index in [1.165, 1.54) is 4.90 Å². The summed E-state index contributed by atoms with van der Waals surface area (Å²) in [6, 6.07) is 9.21. The van der Waals surface area contributed by atoms with Gasteiger partial charge in [-0.2, -0.15) is 5.26 Å². The molecule has 2 amide bonds. The lowest BCUT2D eigenvalue weighted by Gasteiger charge is -2.52. The van der Waals surface area contributed by atoms with Crippen molar-refractivity contribution in [3.63, 3.8) is 0 Å². The molecular weight excluding hydrogens is 383 g/mol. The first-order chi connectivity index (χ1) is 14.3. The van der Waals surface area contributed by atoms with E-state index in [2.05, 4.69) is 10.6 Å². The Hall–Kier alpha value is -2.46. The number of hydrogen-bond donors (Lipinski definition) is 2. The predicted octanol–water partition coefficient (Wildman–Crippen LogP) is 3.08. The molecule has 4 aliphatic rings. The van der Waals surface area contributed by atoms with Gasteiger partial charge in [0.25, 0.3) is 0 Å². The van der Waals surface area contributed by atoms with Gasteiger partial charge < -0.3 is 15.5 Å². The summed E-state index contributed by atoms with van der Waals surface area (Å²) in [4.78, 5) is 26.9. The van der Waals surface area contributed by atoms with Gasteiger partial charge >= 0.3 is 0 Å². The molecule has 0 aromatic heterocycles. The number of rotatable bonds is 5. The minimum atomic E-state index is -1.12. The molecule has 1 heterocycles. The Morgan fingerprint density at radius 3 is 2.40 bits per heavy atom. The number of anilines is 1. The average Bonchev–Trinajstić information content (AvgIpc) is 3.16. The first kappa shape index (κ1) is 20.8. The van der Waals surface area contributed by atoms with E-state index < -0.39 is 12.2 Å². The zero-order chi connectivity index (χ0) is 21.4. The fourth-order valence-electron chi connectivity index (χ4n) is 5.24. The molecule has 5 rings (SSSR count). The molecule has 160 valence electrons. The Labute approximate surface area is 176 Å². The first-order valence-corrected chi connectivity index (χ1v) is 10.8. The zero-order valence-corrected chi connectivity index (χ0v) is 17.4. The van der Waals surface area contributed by atoms with Crippen LogP contribution in [0.3, 0.4) is 0 Å². The van der Waals surface area contributed by atoms with Gasteiger partial charge in [-0.25, -0.2) is 4.39 Å². The minimum Gasteiger partial charge on any atom is -0.326 e. The highest BCUT2D eigenvalue weighted by atomic mass is 19.1. The number of halogens is 1. The van der Waals surface area contributed by atoms with Crippen LogP contribution in [-0.2, 0) is 9.59 Å². The first-order valence-electron chi connectivity index (χ1n) is 10.8. The Bertz CT molecular complexity index is 838. The highest BCUT2D eigenvalue weighted by Gasteiger charge is 2.52. The maximum atomic E-state index is 13.6. The van der Waals surface area contributed by atoms with Gasteiger partial charge in [-0.15, -0.1) is 0 Å². The number of fused-ring (bicyclic) bond motifs is 3. The van der Waals surface area contributed by atoms with Crippen LogP contribution in [0.2, 0.25) is 0 Å². The highest BCUT2D eigenvalue weighted by Crippen LogP contribution is 2.52.